The molecule has 0 aliphatic carbocycles. The fraction of sp³-hybridized carbons (Fsp3) is 0.200. The normalized spacial score (nSPS) is 11.1. The van der Waals surface area contributed by atoms with Gasteiger partial charge in [-0.1, -0.05) is 24.3 Å². The molecular formula is C25H23F3N7O4+. The molecule has 0 saturated heterocycles. The minimum atomic E-state index is -4.68. The number of halogens is 3. The Kier molecular flexibility index (Phi) is 7.74. The van der Waals surface area contributed by atoms with Crippen molar-refractivity contribution < 1.29 is 36.7 Å². The number of urea groups is 1. The molecule has 0 fully saturated rings. The van der Waals surface area contributed by atoms with Gasteiger partial charge in [-0.2, -0.15) is 18.2 Å². The second-order valence-electron chi connectivity index (χ2n) is 8.37. The van der Waals surface area contributed by atoms with Crippen LogP contribution in [0.4, 0.5) is 35.2 Å². The van der Waals surface area contributed by atoms with E-state index in [9.17, 15) is 22.8 Å². The molecule has 0 aliphatic rings. The number of methoxy groups -OCH3 is 1. The smallest absolute Gasteiger partial charge is 0.416 e. The first kappa shape index (κ1) is 27.0. The molecule has 0 aliphatic heterocycles. The van der Waals surface area contributed by atoms with Gasteiger partial charge < -0.3 is 15.4 Å². The van der Waals surface area contributed by atoms with Crippen molar-refractivity contribution in [1.29, 1.82) is 0 Å². The van der Waals surface area contributed by atoms with Gasteiger partial charge in [0.2, 0.25) is 17.7 Å². The summed E-state index contributed by atoms with van der Waals surface area (Å²) in [5.41, 5.74) is 2.09. The Hall–Kier alpha value is -5.01. The predicted octanol–water partition coefficient (Wildman–Crippen LogP) is 4.41. The van der Waals surface area contributed by atoms with Crippen molar-refractivity contribution in [2.45, 2.75) is 26.6 Å². The molecule has 0 radical (unpaired) electrons. The number of benzene rings is 2. The minimum absolute atomic E-state index is 0.0378. The number of carbonyl (C=O) groups is 2. The predicted molar refractivity (Wildman–Crippen MR) is 133 cm³/mol. The van der Waals surface area contributed by atoms with Crippen molar-refractivity contribution in [3.05, 3.63) is 71.7 Å². The first-order valence-electron chi connectivity index (χ1n) is 11.4. The van der Waals surface area contributed by atoms with Crippen LogP contribution in [0.5, 0.6) is 6.01 Å². The van der Waals surface area contributed by atoms with Crippen LogP contribution in [0.15, 0.2) is 59.4 Å². The number of nitrogens with one attached hydrogen (secondary N) is 3. The number of carbonyl (C=O) groups excluding carboxylic acids is 2. The van der Waals surface area contributed by atoms with Gasteiger partial charge in [0, 0.05) is 35.6 Å². The molecule has 0 spiro atoms. The van der Waals surface area contributed by atoms with Crippen LogP contribution >= 0.6 is 0 Å². The number of aromatic nitrogens is 4. The topological polar surface area (TPSA) is 135 Å². The summed E-state index contributed by atoms with van der Waals surface area (Å²) in [7, 11) is 1.50. The van der Waals surface area contributed by atoms with Crippen LogP contribution in [0.1, 0.15) is 23.7 Å². The molecule has 3 amide bonds. The molecule has 4 aromatic rings. The lowest BCUT2D eigenvalue weighted by Crippen LogP contribution is -2.35. The number of anilines is 3. The van der Waals surface area contributed by atoms with Gasteiger partial charge >= 0.3 is 24.1 Å². The molecule has 0 unspecified atom stereocenters. The molecule has 202 valence electrons. The van der Waals surface area contributed by atoms with Crippen molar-refractivity contribution in [3.63, 3.8) is 0 Å². The number of rotatable bonds is 7. The minimum Gasteiger partial charge on any atom is -0.467 e. The van der Waals surface area contributed by atoms with Crippen molar-refractivity contribution >= 4 is 29.2 Å². The van der Waals surface area contributed by atoms with Crippen molar-refractivity contribution in [2.75, 3.05) is 23.1 Å². The molecule has 3 N–H and O–H groups in total. The lowest BCUT2D eigenvalue weighted by Gasteiger charge is -2.13. The van der Waals surface area contributed by atoms with E-state index in [-0.39, 0.29) is 23.3 Å². The summed E-state index contributed by atoms with van der Waals surface area (Å²) >= 11 is 0. The number of nitrogens with zero attached hydrogens (tertiary/aromatic N) is 4. The maximum atomic E-state index is 13.2. The zero-order chi connectivity index (χ0) is 28.2. The third-order valence-corrected chi connectivity index (χ3v) is 5.33. The molecule has 14 heteroatoms. The molecule has 11 nitrogen and oxygen atoms in total. The number of amides is 3. The van der Waals surface area contributed by atoms with E-state index in [1.54, 1.807) is 6.20 Å². The van der Waals surface area contributed by atoms with E-state index in [4.69, 9.17) is 9.26 Å². The highest BCUT2D eigenvalue weighted by atomic mass is 19.4. The van der Waals surface area contributed by atoms with E-state index >= 15 is 0 Å². The molecule has 0 bridgehead atoms. The molecule has 2 heterocycles. The van der Waals surface area contributed by atoms with E-state index in [2.05, 4.69) is 31.2 Å². The summed E-state index contributed by atoms with van der Waals surface area (Å²) in [6.07, 6.45) is -1.58. The second-order valence-corrected chi connectivity index (χ2v) is 8.37. The maximum absolute atomic E-state index is 13.2. The number of alkyl halides is 3. The van der Waals surface area contributed by atoms with Crippen LogP contribution < -0.4 is 25.4 Å². The van der Waals surface area contributed by atoms with Gasteiger partial charge in [0.1, 0.15) is 0 Å². The molecule has 2 aromatic carbocycles. The van der Waals surface area contributed by atoms with E-state index in [1.165, 1.54) is 24.1 Å². The van der Waals surface area contributed by atoms with Gasteiger partial charge in [-0.3, -0.25) is 14.6 Å². The van der Waals surface area contributed by atoms with Crippen LogP contribution in [0.25, 0.3) is 11.1 Å². The summed E-state index contributed by atoms with van der Waals surface area (Å²) in [5, 5.41) is 10.8. The van der Waals surface area contributed by atoms with E-state index < -0.39 is 23.7 Å². The Labute approximate surface area is 220 Å². The molecule has 2 aromatic heterocycles. The molecule has 4 rings (SSSR count). The number of aryl methyl sites for hydroxylation is 1. The van der Waals surface area contributed by atoms with Crippen LogP contribution in [0.3, 0.4) is 0 Å². The third kappa shape index (κ3) is 7.06. The average Bonchev–Trinajstić information content (AvgIpc) is 3.29. The van der Waals surface area contributed by atoms with Gasteiger partial charge in [0.15, 0.2) is 0 Å². The van der Waals surface area contributed by atoms with Gasteiger partial charge in [-0.25, -0.2) is 9.78 Å². The summed E-state index contributed by atoms with van der Waals surface area (Å²) in [4.78, 5) is 32.1. The Balaban J connectivity index is 1.40. The largest absolute Gasteiger partial charge is 0.467 e. The highest BCUT2D eigenvalue weighted by Crippen LogP contribution is 2.33. The monoisotopic (exact) mass is 542 g/mol. The standard InChI is InChI=1S/C25H22F3N7O4/c1-14-21(11-29-24(30-14)38-3)17-6-4-16(5-7-17)12-35-13-22(39-34-35)33-23(37)32-20-9-18(25(26,27)28)8-19(10-20)31-15(2)36/h4-11,13H,12H2,1-3H3,(H2-,31,32,33,34,36,37)/p+1. The maximum Gasteiger partial charge on any atom is 0.416 e. The van der Waals surface area contributed by atoms with E-state index in [1.807, 2.05) is 31.2 Å². The van der Waals surface area contributed by atoms with Gasteiger partial charge in [-0.05, 0) is 35.4 Å². The van der Waals surface area contributed by atoms with Crippen LogP contribution in [-0.2, 0) is 17.5 Å². The van der Waals surface area contributed by atoms with E-state index in [0.29, 0.717) is 6.54 Å². The van der Waals surface area contributed by atoms with Crippen molar-refractivity contribution in [3.8, 4) is 17.1 Å². The number of ether oxygens (including phenoxy) is 1. The fourth-order valence-electron chi connectivity index (χ4n) is 3.63. The molecule has 0 saturated carbocycles. The first-order valence-corrected chi connectivity index (χ1v) is 11.4. The first-order chi connectivity index (χ1) is 18.5. The fourth-order valence-corrected chi connectivity index (χ4v) is 3.63. The molecule has 39 heavy (non-hydrogen) atoms. The SMILES string of the molecule is COc1ncc(-c2ccc(C[n+]3cc(NC(=O)Nc4cc(NC(C)=O)cc(C(F)(F)F)c4)on3)cc2)c(C)n1. The summed E-state index contributed by atoms with van der Waals surface area (Å²) in [6.45, 7) is 3.33. The van der Waals surface area contributed by atoms with Crippen LogP contribution in [0.2, 0.25) is 0 Å². The van der Waals surface area contributed by atoms with Crippen LogP contribution in [-0.4, -0.2) is 34.3 Å². The average molecular weight is 542 g/mol. The number of hydrogen-bond donors (Lipinski definition) is 3. The highest BCUT2D eigenvalue weighted by molar-refractivity contribution is 5.99. The Bertz CT molecular complexity index is 1500. The zero-order valence-electron chi connectivity index (χ0n) is 21.0. The quantitative estimate of drug-likeness (QED) is 0.295. The van der Waals surface area contributed by atoms with Gasteiger partial charge in [0.05, 0.1) is 18.4 Å². The summed E-state index contributed by atoms with van der Waals surface area (Å²) in [5.74, 6) is -0.598. The van der Waals surface area contributed by atoms with E-state index in [0.717, 1.165) is 41.4 Å². The Morgan fingerprint density at radius 2 is 1.74 bits per heavy atom. The third-order valence-electron chi connectivity index (χ3n) is 5.33. The van der Waals surface area contributed by atoms with Crippen molar-refractivity contribution in [2.24, 2.45) is 0 Å². The lowest BCUT2D eigenvalue weighted by atomic mass is 10.0. The van der Waals surface area contributed by atoms with Gasteiger partial charge in [0.25, 0.3) is 6.20 Å². The highest BCUT2D eigenvalue weighted by Gasteiger charge is 2.31. The lowest BCUT2D eigenvalue weighted by molar-refractivity contribution is -0.754. The Morgan fingerprint density at radius 1 is 1.05 bits per heavy atom. The zero-order valence-corrected chi connectivity index (χ0v) is 21.0. The number of hydrogen-bond acceptors (Lipinski definition) is 7. The molecule has 0 atom stereocenters. The van der Waals surface area contributed by atoms with Gasteiger partial charge in [-0.15, -0.1) is 0 Å². The summed E-state index contributed by atoms with van der Waals surface area (Å²) in [6, 6.07) is 9.72. The summed E-state index contributed by atoms with van der Waals surface area (Å²) < 4.78 is 51.3. The van der Waals surface area contributed by atoms with Crippen LogP contribution in [0, 0.1) is 6.92 Å². The second kappa shape index (κ2) is 11.2. The van der Waals surface area contributed by atoms with Crippen molar-refractivity contribution in [1.82, 2.24) is 15.2 Å². The molecular weight excluding hydrogens is 519 g/mol. The Morgan fingerprint density at radius 3 is 2.36 bits per heavy atom.